The predicted octanol–water partition coefficient (Wildman–Crippen LogP) is 3.74. The molecule has 2 rings (SSSR count). The predicted molar refractivity (Wildman–Crippen MR) is 85.6 cm³/mol. The fraction of sp³-hybridized carbons (Fsp3) is 0.167. The minimum absolute atomic E-state index is 0.0565. The van der Waals surface area contributed by atoms with E-state index in [1.807, 2.05) is 55.5 Å². The highest BCUT2D eigenvalue weighted by Crippen LogP contribution is 2.24. The second kappa shape index (κ2) is 7.29. The van der Waals surface area contributed by atoms with Crippen LogP contribution in [0.3, 0.4) is 0 Å². The molecule has 3 heteroatoms. The molecule has 0 aliphatic heterocycles. The van der Waals surface area contributed by atoms with Gasteiger partial charge >= 0.3 is 0 Å². The Morgan fingerprint density at radius 1 is 1.19 bits per heavy atom. The quantitative estimate of drug-likeness (QED) is 0.819. The smallest absolute Gasteiger partial charge is 0.228 e. The number of rotatable bonds is 6. The van der Waals surface area contributed by atoms with Crippen LogP contribution >= 0.6 is 0 Å². The lowest BCUT2D eigenvalue weighted by molar-refractivity contribution is -0.115. The molecule has 0 saturated heterocycles. The lowest BCUT2D eigenvalue weighted by atomic mass is 10.1. The Morgan fingerprint density at radius 3 is 2.67 bits per heavy atom. The molecule has 0 bridgehead atoms. The van der Waals surface area contributed by atoms with Crippen LogP contribution in [0.4, 0.5) is 5.69 Å². The van der Waals surface area contributed by atoms with Gasteiger partial charge in [-0.25, -0.2) is 0 Å². The van der Waals surface area contributed by atoms with E-state index in [9.17, 15) is 4.79 Å². The second-order valence-corrected chi connectivity index (χ2v) is 4.75. The molecule has 2 aromatic carbocycles. The SMILES string of the molecule is C=CCOc1ccccc1NC(=O)Cc1ccccc1C. The molecule has 1 amide bonds. The Morgan fingerprint density at radius 2 is 1.90 bits per heavy atom. The third-order valence-corrected chi connectivity index (χ3v) is 3.13. The van der Waals surface area contributed by atoms with E-state index in [-0.39, 0.29) is 5.91 Å². The van der Waals surface area contributed by atoms with Crippen molar-refractivity contribution < 1.29 is 9.53 Å². The number of amides is 1. The average molecular weight is 281 g/mol. The van der Waals surface area contributed by atoms with Gasteiger partial charge in [0.2, 0.25) is 5.91 Å². The van der Waals surface area contributed by atoms with Crippen molar-refractivity contribution in [3.05, 3.63) is 72.3 Å². The van der Waals surface area contributed by atoms with Crippen molar-refractivity contribution in [2.24, 2.45) is 0 Å². The van der Waals surface area contributed by atoms with Gasteiger partial charge in [-0.3, -0.25) is 4.79 Å². The van der Waals surface area contributed by atoms with E-state index in [4.69, 9.17) is 4.74 Å². The monoisotopic (exact) mass is 281 g/mol. The van der Waals surface area contributed by atoms with Crippen LogP contribution in [0.25, 0.3) is 0 Å². The Bertz CT molecular complexity index is 635. The van der Waals surface area contributed by atoms with E-state index in [0.717, 1.165) is 11.1 Å². The van der Waals surface area contributed by atoms with Crippen LogP contribution < -0.4 is 10.1 Å². The second-order valence-electron chi connectivity index (χ2n) is 4.75. The average Bonchev–Trinajstić information content (AvgIpc) is 2.49. The molecule has 21 heavy (non-hydrogen) atoms. The van der Waals surface area contributed by atoms with E-state index in [1.165, 1.54) is 0 Å². The molecular formula is C18H19NO2. The van der Waals surface area contributed by atoms with Crippen molar-refractivity contribution in [2.75, 3.05) is 11.9 Å². The van der Waals surface area contributed by atoms with Crippen molar-refractivity contribution in [1.29, 1.82) is 0 Å². The van der Waals surface area contributed by atoms with Gasteiger partial charge in [0.1, 0.15) is 12.4 Å². The van der Waals surface area contributed by atoms with Gasteiger partial charge in [0.25, 0.3) is 0 Å². The van der Waals surface area contributed by atoms with Crippen molar-refractivity contribution in [1.82, 2.24) is 0 Å². The highest BCUT2D eigenvalue weighted by Gasteiger charge is 2.09. The Balaban J connectivity index is 2.06. The minimum atomic E-state index is -0.0565. The molecule has 0 aliphatic carbocycles. The van der Waals surface area contributed by atoms with Gasteiger partial charge in [-0.05, 0) is 30.2 Å². The van der Waals surface area contributed by atoms with E-state index in [2.05, 4.69) is 11.9 Å². The molecule has 0 atom stereocenters. The highest BCUT2D eigenvalue weighted by atomic mass is 16.5. The maximum atomic E-state index is 12.2. The summed E-state index contributed by atoms with van der Waals surface area (Å²) in [4.78, 5) is 12.2. The molecule has 0 aromatic heterocycles. The number of carbonyl (C=O) groups excluding carboxylic acids is 1. The third kappa shape index (κ3) is 4.21. The lowest BCUT2D eigenvalue weighted by Gasteiger charge is -2.12. The molecule has 2 aromatic rings. The van der Waals surface area contributed by atoms with E-state index in [1.54, 1.807) is 6.08 Å². The summed E-state index contributed by atoms with van der Waals surface area (Å²) < 4.78 is 5.53. The number of anilines is 1. The van der Waals surface area contributed by atoms with Crippen LogP contribution in [-0.2, 0) is 11.2 Å². The molecular weight excluding hydrogens is 262 g/mol. The summed E-state index contributed by atoms with van der Waals surface area (Å²) in [5, 5.41) is 2.90. The normalized spacial score (nSPS) is 9.95. The zero-order chi connectivity index (χ0) is 15.1. The van der Waals surface area contributed by atoms with E-state index in [0.29, 0.717) is 24.5 Å². The van der Waals surface area contributed by atoms with Crippen LogP contribution in [0, 0.1) is 6.92 Å². The fourth-order valence-electron chi connectivity index (χ4n) is 2.02. The molecule has 0 aliphatic rings. The van der Waals surface area contributed by atoms with Gasteiger partial charge in [-0.2, -0.15) is 0 Å². The molecule has 0 radical (unpaired) electrons. The van der Waals surface area contributed by atoms with E-state index >= 15 is 0 Å². The van der Waals surface area contributed by atoms with E-state index < -0.39 is 0 Å². The zero-order valence-corrected chi connectivity index (χ0v) is 12.1. The summed E-state index contributed by atoms with van der Waals surface area (Å²) in [6, 6.07) is 15.3. The Hall–Kier alpha value is -2.55. The third-order valence-electron chi connectivity index (χ3n) is 3.13. The number of para-hydroxylation sites is 2. The highest BCUT2D eigenvalue weighted by molar-refractivity contribution is 5.93. The first-order valence-corrected chi connectivity index (χ1v) is 6.88. The van der Waals surface area contributed by atoms with Gasteiger partial charge in [-0.15, -0.1) is 0 Å². The van der Waals surface area contributed by atoms with Crippen LogP contribution in [0.15, 0.2) is 61.2 Å². The molecule has 0 heterocycles. The molecule has 0 fully saturated rings. The number of aryl methyl sites for hydroxylation is 1. The van der Waals surface area contributed by atoms with Gasteiger partial charge in [0.05, 0.1) is 12.1 Å². The van der Waals surface area contributed by atoms with Crippen LogP contribution in [0.1, 0.15) is 11.1 Å². The molecule has 0 saturated carbocycles. The first-order chi connectivity index (χ1) is 10.2. The number of carbonyl (C=O) groups is 1. The van der Waals surface area contributed by atoms with Crippen molar-refractivity contribution in [2.45, 2.75) is 13.3 Å². The summed E-state index contributed by atoms with van der Waals surface area (Å²) in [5.41, 5.74) is 2.82. The molecule has 108 valence electrons. The molecule has 1 N–H and O–H groups in total. The topological polar surface area (TPSA) is 38.3 Å². The van der Waals surface area contributed by atoms with Crippen LogP contribution in [-0.4, -0.2) is 12.5 Å². The lowest BCUT2D eigenvalue weighted by Crippen LogP contribution is -2.15. The maximum Gasteiger partial charge on any atom is 0.228 e. The van der Waals surface area contributed by atoms with Gasteiger partial charge in [0, 0.05) is 0 Å². The maximum absolute atomic E-state index is 12.2. The van der Waals surface area contributed by atoms with Crippen LogP contribution in [0.5, 0.6) is 5.75 Å². The number of ether oxygens (including phenoxy) is 1. The number of hydrogen-bond acceptors (Lipinski definition) is 2. The standard InChI is InChI=1S/C18H19NO2/c1-3-12-21-17-11-7-6-10-16(17)19-18(20)13-15-9-5-4-8-14(15)2/h3-11H,1,12-13H2,2H3,(H,19,20). The summed E-state index contributed by atoms with van der Waals surface area (Å²) in [7, 11) is 0. The zero-order valence-electron chi connectivity index (χ0n) is 12.1. The summed E-state index contributed by atoms with van der Waals surface area (Å²) in [6.45, 7) is 6.03. The molecule has 0 unspecified atom stereocenters. The first-order valence-electron chi connectivity index (χ1n) is 6.88. The largest absolute Gasteiger partial charge is 0.487 e. The number of benzene rings is 2. The Labute approximate surface area is 125 Å². The van der Waals surface area contributed by atoms with Crippen molar-refractivity contribution in [3.8, 4) is 5.75 Å². The summed E-state index contributed by atoms with van der Waals surface area (Å²) >= 11 is 0. The summed E-state index contributed by atoms with van der Waals surface area (Å²) in [5.74, 6) is 0.592. The van der Waals surface area contributed by atoms with Crippen molar-refractivity contribution >= 4 is 11.6 Å². The minimum Gasteiger partial charge on any atom is -0.487 e. The van der Waals surface area contributed by atoms with Gasteiger partial charge in [0.15, 0.2) is 0 Å². The first kappa shape index (κ1) is 14.9. The number of hydrogen-bond donors (Lipinski definition) is 1. The summed E-state index contributed by atoms with van der Waals surface area (Å²) in [6.07, 6.45) is 2.02. The van der Waals surface area contributed by atoms with Gasteiger partial charge in [-0.1, -0.05) is 49.1 Å². The molecule has 3 nitrogen and oxygen atoms in total. The number of nitrogens with one attached hydrogen (secondary N) is 1. The van der Waals surface area contributed by atoms with Gasteiger partial charge < -0.3 is 10.1 Å². The molecule has 0 spiro atoms. The Kier molecular flexibility index (Phi) is 5.16. The fourth-order valence-corrected chi connectivity index (χ4v) is 2.02. The van der Waals surface area contributed by atoms with Crippen LogP contribution in [0.2, 0.25) is 0 Å². The van der Waals surface area contributed by atoms with Crippen molar-refractivity contribution in [3.63, 3.8) is 0 Å².